The Morgan fingerprint density at radius 2 is 1.89 bits per heavy atom. The summed E-state index contributed by atoms with van der Waals surface area (Å²) < 4.78 is 40.7. The van der Waals surface area contributed by atoms with Gasteiger partial charge in [0.1, 0.15) is 0 Å². The summed E-state index contributed by atoms with van der Waals surface area (Å²) in [6, 6.07) is 5.76. The number of ether oxygens (including phenoxy) is 1. The standard InChI is InChI=1S/C12H10F3NO3/c1-19-10(17)7-6-8-4-2-3-5-9(8)16-11(18)12(13,14)15/h2-7H,1H3,(H,16,18)/b7-6+. The Morgan fingerprint density at radius 1 is 1.26 bits per heavy atom. The number of methoxy groups -OCH3 is 1. The van der Waals surface area contributed by atoms with Crippen molar-refractivity contribution in [3.8, 4) is 0 Å². The van der Waals surface area contributed by atoms with Crippen molar-refractivity contribution in [3.63, 3.8) is 0 Å². The lowest BCUT2D eigenvalue weighted by atomic mass is 10.1. The molecule has 0 atom stereocenters. The Bertz CT molecular complexity index is 509. The van der Waals surface area contributed by atoms with Gasteiger partial charge in [0, 0.05) is 11.8 Å². The number of carbonyl (C=O) groups excluding carboxylic acids is 2. The first-order valence-corrected chi connectivity index (χ1v) is 5.08. The average molecular weight is 273 g/mol. The van der Waals surface area contributed by atoms with Gasteiger partial charge in [0.25, 0.3) is 0 Å². The molecule has 0 spiro atoms. The zero-order valence-electron chi connectivity index (χ0n) is 9.82. The van der Waals surface area contributed by atoms with Crippen LogP contribution in [0.5, 0.6) is 0 Å². The molecule has 0 aromatic heterocycles. The molecule has 0 aliphatic carbocycles. The van der Waals surface area contributed by atoms with Gasteiger partial charge in [-0.15, -0.1) is 0 Å². The Morgan fingerprint density at radius 3 is 2.47 bits per heavy atom. The molecule has 1 aromatic carbocycles. The highest BCUT2D eigenvalue weighted by atomic mass is 19.4. The molecule has 0 saturated carbocycles. The van der Waals surface area contributed by atoms with Crippen molar-refractivity contribution in [2.24, 2.45) is 0 Å². The van der Waals surface area contributed by atoms with Crippen molar-refractivity contribution in [1.82, 2.24) is 0 Å². The van der Waals surface area contributed by atoms with E-state index < -0.39 is 18.1 Å². The minimum Gasteiger partial charge on any atom is -0.466 e. The number of benzene rings is 1. The molecule has 0 heterocycles. The predicted octanol–water partition coefficient (Wildman–Crippen LogP) is 2.37. The van der Waals surface area contributed by atoms with E-state index in [0.29, 0.717) is 0 Å². The summed E-state index contributed by atoms with van der Waals surface area (Å²) in [5.74, 6) is -2.73. The van der Waals surface area contributed by atoms with Crippen molar-refractivity contribution >= 4 is 23.6 Å². The van der Waals surface area contributed by atoms with Gasteiger partial charge in [0.05, 0.1) is 7.11 Å². The van der Waals surface area contributed by atoms with Gasteiger partial charge in [-0.3, -0.25) is 4.79 Å². The number of para-hydroxylation sites is 1. The number of hydrogen-bond acceptors (Lipinski definition) is 3. The molecule has 1 N–H and O–H groups in total. The van der Waals surface area contributed by atoms with Crippen LogP contribution in [-0.2, 0) is 14.3 Å². The van der Waals surface area contributed by atoms with Gasteiger partial charge in [-0.05, 0) is 17.7 Å². The fourth-order valence-corrected chi connectivity index (χ4v) is 1.18. The highest BCUT2D eigenvalue weighted by molar-refractivity contribution is 5.97. The van der Waals surface area contributed by atoms with Crippen LogP contribution in [-0.4, -0.2) is 25.2 Å². The number of esters is 1. The van der Waals surface area contributed by atoms with Crippen molar-refractivity contribution in [3.05, 3.63) is 35.9 Å². The molecule has 0 unspecified atom stereocenters. The van der Waals surface area contributed by atoms with Gasteiger partial charge < -0.3 is 10.1 Å². The van der Waals surface area contributed by atoms with E-state index in [9.17, 15) is 22.8 Å². The highest BCUT2D eigenvalue weighted by Crippen LogP contribution is 2.21. The van der Waals surface area contributed by atoms with Gasteiger partial charge in [-0.25, -0.2) is 4.79 Å². The first-order chi connectivity index (χ1) is 8.84. The van der Waals surface area contributed by atoms with Gasteiger partial charge in [-0.2, -0.15) is 13.2 Å². The molecule has 0 fully saturated rings. The van der Waals surface area contributed by atoms with E-state index in [2.05, 4.69) is 4.74 Å². The molecule has 7 heteroatoms. The van der Waals surface area contributed by atoms with E-state index in [1.807, 2.05) is 0 Å². The Balaban J connectivity index is 2.94. The monoisotopic (exact) mass is 273 g/mol. The van der Waals surface area contributed by atoms with Gasteiger partial charge in [0.2, 0.25) is 0 Å². The second-order valence-corrected chi connectivity index (χ2v) is 3.40. The maximum atomic E-state index is 12.1. The van der Waals surface area contributed by atoms with E-state index in [0.717, 1.165) is 6.08 Å². The number of amides is 1. The number of alkyl halides is 3. The van der Waals surface area contributed by atoms with Crippen LogP contribution in [0.4, 0.5) is 18.9 Å². The van der Waals surface area contributed by atoms with Crippen LogP contribution < -0.4 is 5.32 Å². The summed E-state index contributed by atoms with van der Waals surface area (Å²) in [6.07, 6.45) is -2.68. The number of halogens is 3. The summed E-state index contributed by atoms with van der Waals surface area (Å²) in [5, 5.41) is 1.72. The maximum absolute atomic E-state index is 12.1. The van der Waals surface area contributed by atoms with E-state index in [1.54, 1.807) is 11.4 Å². The number of carbonyl (C=O) groups is 2. The predicted molar refractivity (Wildman–Crippen MR) is 62.2 cm³/mol. The molecule has 0 radical (unpaired) electrons. The summed E-state index contributed by atoms with van der Waals surface area (Å²) in [5.41, 5.74) is 0.204. The quantitative estimate of drug-likeness (QED) is 0.679. The van der Waals surface area contributed by atoms with Crippen LogP contribution in [0, 0.1) is 0 Å². The van der Waals surface area contributed by atoms with Crippen LogP contribution >= 0.6 is 0 Å². The third-order valence-corrected chi connectivity index (χ3v) is 2.07. The molecule has 19 heavy (non-hydrogen) atoms. The molecule has 0 aliphatic rings. The maximum Gasteiger partial charge on any atom is 0.471 e. The molecule has 1 aromatic rings. The first-order valence-electron chi connectivity index (χ1n) is 5.08. The second kappa shape index (κ2) is 6.03. The minimum absolute atomic E-state index is 0.0509. The average Bonchev–Trinajstić information content (AvgIpc) is 2.36. The van der Waals surface area contributed by atoms with Crippen molar-refractivity contribution < 1.29 is 27.5 Å². The van der Waals surface area contributed by atoms with E-state index in [4.69, 9.17) is 0 Å². The summed E-state index contributed by atoms with van der Waals surface area (Å²) >= 11 is 0. The normalized spacial score (nSPS) is 11.4. The summed E-state index contributed by atoms with van der Waals surface area (Å²) in [6.45, 7) is 0. The summed E-state index contributed by atoms with van der Waals surface area (Å²) in [4.78, 5) is 21.7. The van der Waals surface area contributed by atoms with Crippen LogP contribution in [0.15, 0.2) is 30.3 Å². The molecule has 0 bridgehead atoms. The van der Waals surface area contributed by atoms with E-state index in [-0.39, 0.29) is 11.3 Å². The molecule has 4 nitrogen and oxygen atoms in total. The highest BCUT2D eigenvalue weighted by Gasteiger charge is 2.38. The Kier molecular flexibility index (Phi) is 4.68. The van der Waals surface area contributed by atoms with Crippen molar-refractivity contribution in [2.75, 3.05) is 12.4 Å². The molecule has 1 amide bonds. The number of hydrogen-bond donors (Lipinski definition) is 1. The van der Waals surface area contributed by atoms with Crippen LogP contribution in [0.1, 0.15) is 5.56 Å². The molecule has 0 aliphatic heterocycles. The lowest BCUT2D eigenvalue weighted by molar-refractivity contribution is -0.167. The SMILES string of the molecule is COC(=O)/C=C/c1ccccc1NC(=O)C(F)(F)F. The fraction of sp³-hybridized carbons (Fsp3) is 0.167. The zero-order valence-corrected chi connectivity index (χ0v) is 9.82. The molecular formula is C12H10F3NO3. The van der Waals surface area contributed by atoms with E-state index >= 15 is 0 Å². The third-order valence-electron chi connectivity index (χ3n) is 2.07. The van der Waals surface area contributed by atoms with Gasteiger partial charge >= 0.3 is 18.1 Å². The van der Waals surface area contributed by atoms with Gasteiger partial charge in [0.15, 0.2) is 0 Å². The first kappa shape index (κ1) is 14.7. The fourth-order valence-electron chi connectivity index (χ4n) is 1.18. The largest absolute Gasteiger partial charge is 0.471 e. The lowest BCUT2D eigenvalue weighted by Gasteiger charge is -2.10. The van der Waals surface area contributed by atoms with Gasteiger partial charge in [-0.1, -0.05) is 18.2 Å². The molecule has 0 saturated heterocycles. The smallest absolute Gasteiger partial charge is 0.466 e. The molecule has 1 rings (SSSR count). The van der Waals surface area contributed by atoms with Crippen molar-refractivity contribution in [1.29, 1.82) is 0 Å². The Hall–Kier alpha value is -2.31. The summed E-state index contributed by atoms with van der Waals surface area (Å²) in [7, 11) is 1.17. The topological polar surface area (TPSA) is 55.4 Å². The number of nitrogens with one attached hydrogen (secondary N) is 1. The minimum atomic E-state index is -4.97. The van der Waals surface area contributed by atoms with E-state index in [1.165, 1.54) is 31.4 Å². The molecular weight excluding hydrogens is 263 g/mol. The number of anilines is 1. The van der Waals surface area contributed by atoms with Crippen LogP contribution in [0.25, 0.3) is 6.08 Å². The third kappa shape index (κ3) is 4.46. The zero-order chi connectivity index (χ0) is 14.5. The lowest BCUT2D eigenvalue weighted by Crippen LogP contribution is -2.30. The van der Waals surface area contributed by atoms with Crippen molar-refractivity contribution in [2.45, 2.75) is 6.18 Å². The van der Waals surface area contributed by atoms with Crippen LogP contribution in [0.2, 0.25) is 0 Å². The molecule has 102 valence electrons. The van der Waals surface area contributed by atoms with Crippen LogP contribution in [0.3, 0.4) is 0 Å². The number of rotatable bonds is 3. The Labute approximate surface area is 106 Å². The second-order valence-electron chi connectivity index (χ2n) is 3.40.